The molecule has 0 radical (unpaired) electrons. The van der Waals surface area contributed by atoms with Crippen molar-refractivity contribution in [3.63, 3.8) is 0 Å². The molecule has 0 spiro atoms. The van der Waals surface area contributed by atoms with Crippen LogP contribution in [0, 0.1) is 12.7 Å². The third-order valence-corrected chi connectivity index (χ3v) is 6.95. The standard InChI is InChI=1S/C29H33FN2O2S/c1-4-22(3)31-29(34)27(18-23-10-6-5-7-11-23)32(19-24-12-8-9-13-26(24)30)28(33)20-35-25-16-14-21(2)15-17-25/h5-17,22,27H,4,18-20H2,1-3H3,(H,31,34)/t22-,27-/m1/s1. The number of hydrogen-bond donors (Lipinski definition) is 1. The van der Waals surface area contributed by atoms with Crippen LogP contribution in [0.3, 0.4) is 0 Å². The number of aryl methyl sites for hydroxylation is 1. The van der Waals surface area contributed by atoms with E-state index in [0.717, 1.165) is 22.4 Å². The number of amides is 2. The van der Waals surface area contributed by atoms with Gasteiger partial charge >= 0.3 is 0 Å². The summed E-state index contributed by atoms with van der Waals surface area (Å²) < 4.78 is 14.6. The molecule has 0 aromatic heterocycles. The summed E-state index contributed by atoms with van der Waals surface area (Å²) in [5, 5.41) is 3.03. The summed E-state index contributed by atoms with van der Waals surface area (Å²) in [4.78, 5) is 29.5. The van der Waals surface area contributed by atoms with Crippen molar-refractivity contribution in [2.75, 3.05) is 5.75 Å². The van der Waals surface area contributed by atoms with Gasteiger partial charge in [-0.25, -0.2) is 4.39 Å². The fraction of sp³-hybridized carbons (Fsp3) is 0.310. The van der Waals surface area contributed by atoms with Gasteiger partial charge in [0.05, 0.1) is 5.75 Å². The Kier molecular flexibility index (Phi) is 9.91. The maximum Gasteiger partial charge on any atom is 0.243 e. The first kappa shape index (κ1) is 26.5. The second kappa shape index (κ2) is 13.1. The molecule has 0 unspecified atom stereocenters. The van der Waals surface area contributed by atoms with Crippen LogP contribution in [0.1, 0.15) is 37.0 Å². The molecule has 0 heterocycles. The first-order valence-electron chi connectivity index (χ1n) is 11.9. The molecule has 0 aliphatic heterocycles. The molecular formula is C29H33FN2O2S. The number of thioether (sulfide) groups is 1. The van der Waals surface area contributed by atoms with Gasteiger partial charge in [0, 0.05) is 29.5 Å². The lowest BCUT2D eigenvalue weighted by molar-refractivity contribution is -0.139. The Hall–Kier alpha value is -3.12. The van der Waals surface area contributed by atoms with Crippen molar-refractivity contribution >= 4 is 23.6 Å². The predicted octanol–water partition coefficient (Wildman–Crippen LogP) is 5.78. The van der Waals surface area contributed by atoms with Gasteiger partial charge < -0.3 is 10.2 Å². The van der Waals surface area contributed by atoms with E-state index in [1.165, 1.54) is 22.7 Å². The molecular weight excluding hydrogens is 459 g/mol. The average Bonchev–Trinajstić information content (AvgIpc) is 2.87. The minimum atomic E-state index is -0.767. The Morgan fingerprint density at radius 1 is 0.971 bits per heavy atom. The smallest absolute Gasteiger partial charge is 0.243 e. The van der Waals surface area contributed by atoms with Crippen molar-refractivity contribution in [1.82, 2.24) is 10.2 Å². The zero-order chi connectivity index (χ0) is 25.2. The first-order chi connectivity index (χ1) is 16.9. The zero-order valence-electron chi connectivity index (χ0n) is 20.5. The molecule has 0 saturated carbocycles. The number of carbonyl (C=O) groups is 2. The van der Waals surface area contributed by atoms with Gasteiger partial charge in [-0.2, -0.15) is 0 Å². The van der Waals surface area contributed by atoms with Crippen LogP contribution in [0.25, 0.3) is 0 Å². The van der Waals surface area contributed by atoms with Crippen LogP contribution in [0.2, 0.25) is 0 Å². The highest BCUT2D eigenvalue weighted by Crippen LogP contribution is 2.22. The fourth-order valence-corrected chi connectivity index (χ4v) is 4.45. The van der Waals surface area contributed by atoms with Crippen molar-refractivity contribution < 1.29 is 14.0 Å². The minimum absolute atomic E-state index is 0.0192. The largest absolute Gasteiger partial charge is 0.352 e. The maximum absolute atomic E-state index is 14.6. The molecule has 3 aromatic carbocycles. The molecule has 35 heavy (non-hydrogen) atoms. The summed E-state index contributed by atoms with van der Waals surface area (Å²) in [5.41, 5.74) is 2.47. The van der Waals surface area contributed by atoms with Gasteiger partial charge in [-0.15, -0.1) is 11.8 Å². The number of hydrogen-bond acceptors (Lipinski definition) is 3. The number of nitrogens with zero attached hydrogens (tertiary/aromatic N) is 1. The van der Waals surface area contributed by atoms with Crippen LogP contribution >= 0.6 is 11.8 Å². The quantitative estimate of drug-likeness (QED) is 0.345. The lowest BCUT2D eigenvalue weighted by atomic mass is 10.0. The van der Waals surface area contributed by atoms with Gasteiger partial charge in [0.25, 0.3) is 0 Å². The third kappa shape index (κ3) is 7.96. The van der Waals surface area contributed by atoms with E-state index in [4.69, 9.17) is 0 Å². The van der Waals surface area contributed by atoms with Crippen LogP contribution in [-0.4, -0.2) is 34.6 Å². The van der Waals surface area contributed by atoms with Crippen molar-refractivity contribution in [2.24, 2.45) is 0 Å². The van der Waals surface area contributed by atoms with Crippen LogP contribution in [0.15, 0.2) is 83.8 Å². The zero-order valence-corrected chi connectivity index (χ0v) is 21.4. The third-order valence-electron chi connectivity index (χ3n) is 5.95. The molecule has 1 N–H and O–H groups in total. The second-order valence-electron chi connectivity index (χ2n) is 8.74. The summed E-state index contributed by atoms with van der Waals surface area (Å²) in [7, 11) is 0. The minimum Gasteiger partial charge on any atom is -0.352 e. The lowest BCUT2D eigenvalue weighted by Gasteiger charge is -2.32. The van der Waals surface area contributed by atoms with Crippen LogP contribution in [0.5, 0.6) is 0 Å². The summed E-state index contributed by atoms with van der Waals surface area (Å²) in [6.45, 7) is 5.97. The van der Waals surface area contributed by atoms with E-state index < -0.39 is 11.9 Å². The monoisotopic (exact) mass is 492 g/mol. The van der Waals surface area contributed by atoms with Crippen LogP contribution in [0.4, 0.5) is 4.39 Å². The van der Waals surface area contributed by atoms with E-state index in [1.807, 2.05) is 75.4 Å². The van der Waals surface area contributed by atoms with Gasteiger partial charge in [0.1, 0.15) is 11.9 Å². The Bertz CT molecular complexity index is 1110. The van der Waals surface area contributed by atoms with Crippen LogP contribution < -0.4 is 5.32 Å². The number of halogens is 1. The number of benzene rings is 3. The van der Waals surface area contributed by atoms with E-state index in [2.05, 4.69) is 5.32 Å². The fourth-order valence-electron chi connectivity index (χ4n) is 3.67. The lowest BCUT2D eigenvalue weighted by Crippen LogP contribution is -2.52. The highest BCUT2D eigenvalue weighted by atomic mass is 32.2. The topological polar surface area (TPSA) is 49.4 Å². The van der Waals surface area contributed by atoms with Gasteiger partial charge in [0.2, 0.25) is 11.8 Å². The van der Waals surface area contributed by atoms with Gasteiger partial charge in [-0.1, -0.05) is 73.2 Å². The van der Waals surface area contributed by atoms with E-state index in [9.17, 15) is 14.0 Å². The first-order valence-corrected chi connectivity index (χ1v) is 12.9. The molecule has 0 bridgehead atoms. The number of nitrogens with one attached hydrogen (secondary N) is 1. The highest BCUT2D eigenvalue weighted by Gasteiger charge is 2.31. The Morgan fingerprint density at radius 3 is 2.29 bits per heavy atom. The summed E-state index contributed by atoms with van der Waals surface area (Å²) in [6, 6.07) is 23.2. The summed E-state index contributed by atoms with van der Waals surface area (Å²) in [5.74, 6) is -0.677. The molecule has 0 aliphatic carbocycles. The SMILES string of the molecule is CC[C@@H](C)NC(=O)[C@@H](Cc1ccccc1)N(Cc1ccccc1F)C(=O)CSc1ccc(C)cc1. The molecule has 3 rings (SSSR count). The average molecular weight is 493 g/mol. The molecule has 3 aromatic rings. The van der Waals surface area contributed by atoms with Crippen LogP contribution in [-0.2, 0) is 22.6 Å². The number of carbonyl (C=O) groups excluding carboxylic acids is 2. The van der Waals surface area contributed by atoms with Crippen molar-refractivity contribution in [3.05, 3.63) is 101 Å². The Balaban J connectivity index is 1.91. The maximum atomic E-state index is 14.6. The summed E-state index contributed by atoms with van der Waals surface area (Å²) >= 11 is 1.42. The van der Waals surface area contributed by atoms with Crippen molar-refractivity contribution in [3.8, 4) is 0 Å². The Labute approximate surface area is 211 Å². The van der Waals surface area contributed by atoms with Gasteiger partial charge in [-0.3, -0.25) is 9.59 Å². The molecule has 0 saturated heterocycles. The van der Waals surface area contributed by atoms with E-state index in [0.29, 0.717) is 12.0 Å². The van der Waals surface area contributed by atoms with Gasteiger partial charge in [-0.05, 0) is 44.0 Å². The molecule has 184 valence electrons. The molecule has 0 fully saturated rings. The second-order valence-corrected chi connectivity index (χ2v) is 9.79. The Morgan fingerprint density at radius 2 is 1.63 bits per heavy atom. The normalized spacial score (nSPS) is 12.6. The van der Waals surface area contributed by atoms with Crippen molar-refractivity contribution in [2.45, 2.75) is 57.1 Å². The van der Waals surface area contributed by atoms with E-state index in [-0.39, 0.29) is 30.2 Å². The number of rotatable bonds is 11. The predicted molar refractivity (Wildman–Crippen MR) is 141 cm³/mol. The van der Waals surface area contributed by atoms with E-state index >= 15 is 0 Å². The van der Waals surface area contributed by atoms with Crippen molar-refractivity contribution in [1.29, 1.82) is 0 Å². The summed E-state index contributed by atoms with van der Waals surface area (Å²) in [6.07, 6.45) is 1.12. The molecule has 6 heteroatoms. The van der Waals surface area contributed by atoms with E-state index in [1.54, 1.807) is 18.2 Å². The van der Waals surface area contributed by atoms with Gasteiger partial charge in [0.15, 0.2) is 0 Å². The molecule has 4 nitrogen and oxygen atoms in total. The molecule has 2 atom stereocenters. The highest BCUT2D eigenvalue weighted by molar-refractivity contribution is 8.00. The molecule has 2 amide bonds. The molecule has 0 aliphatic rings.